The highest BCUT2D eigenvalue weighted by Crippen LogP contribution is 2.09. The summed E-state index contributed by atoms with van der Waals surface area (Å²) < 4.78 is 0. The summed E-state index contributed by atoms with van der Waals surface area (Å²) in [5, 5.41) is 10.6. The van der Waals surface area contributed by atoms with Gasteiger partial charge in [0.25, 0.3) is 0 Å². The van der Waals surface area contributed by atoms with Gasteiger partial charge in [0.1, 0.15) is 6.34 Å². The van der Waals surface area contributed by atoms with E-state index in [2.05, 4.69) is 15.4 Å². The second kappa shape index (κ2) is 8.39. The lowest BCUT2D eigenvalue weighted by molar-refractivity contribution is 1.06. The van der Waals surface area contributed by atoms with E-state index in [-0.39, 0.29) is 0 Å². The van der Waals surface area contributed by atoms with Crippen molar-refractivity contribution in [3.8, 4) is 0 Å². The van der Waals surface area contributed by atoms with Crippen LogP contribution in [0, 0.1) is 0 Å². The van der Waals surface area contributed by atoms with Gasteiger partial charge in [0.05, 0.1) is 5.69 Å². The van der Waals surface area contributed by atoms with Crippen LogP contribution in [0.4, 0.5) is 5.69 Å². The van der Waals surface area contributed by atoms with Crippen molar-refractivity contribution in [3.63, 3.8) is 0 Å². The zero-order chi connectivity index (χ0) is 9.94. The average molecular weight is 178 g/mol. The normalized spacial score (nSPS) is 10.0. The minimum absolute atomic E-state index is 0.762. The lowest BCUT2D eigenvalue weighted by atomic mass is 10.3. The lowest BCUT2D eigenvalue weighted by Gasteiger charge is -1.85. The van der Waals surface area contributed by atoms with Crippen molar-refractivity contribution >= 4 is 12.0 Å². The summed E-state index contributed by atoms with van der Waals surface area (Å²) in [6.07, 6.45) is 1.09. The number of nitrogens with two attached hydrogens (primary N) is 1. The summed E-state index contributed by atoms with van der Waals surface area (Å²) in [5.41, 5.74) is 5.71. The Morgan fingerprint density at radius 3 is 2.31 bits per heavy atom. The Hall–Kier alpha value is -1.71. The standard InChI is InChI=1S/C7H8N4.C2H6/c8-6-9-11-10-7-4-2-1-3-5-7;1-2/h1-6H,(H2,8,9,10);1-2H3. The first kappa shape index (κ1) is 11.3. The van der Waals surface area contributed by atoms with E-state index in [4.69, 9.17) is 5.73 Å². The molecule has 0 aliphatic heterocycles. The molecular formula is C9H14N4. The molecule has 0 unspecified atom stereocenters. The van der Waals surface area contributed by atoms with Crippen molar-refractivity contribution in [2.75, 3.05) is 0 Å². The highest BCUT2D eigenvalue weighted by atomic mass is 15.4. The zero-order valence-electron chi connectivity index (χ0n) is 7.88. The molecule has 0 radical (unpaired) electrons. The highest BCUT2D eigenvalue weighted by molar-refractivity contribution is 5.50. The van der Waals surface area contributed by atoms with Crippen LogP contribution in [0.15, 0.2) is 45.8 Å². The molecule has 2 N–H and O–H groups in total. The van der Waals surface area contributed by atoms with Crippen molar-refractivity contribution in [3.05, 3.63) is 30.3 Å². The third-order valence-electron chi connectivity index (χ3n) is 1.03. The van der Waals surface area contributed by atoms with Crippen LogP contribution in [0.5, 0.6) is 0 Å². The third-order valence-corrected chi connectivity index (χ3v) is 1.03. The van der Waals surface area contributed by atoms with Gasteiger partial charge in [-0.05, 0) is 17.4 Å². The van der Waals surface area contributed by atoms with Crippen molar-refractivity contribution in [2.24, 2.45) is 21.2 Å². The third kappa shape index (κ3) is 5.55. The van der Waals surface area contributed by atoms with Gasteiger partial charge in [0, 0.05) is 0 Å². The molecule has 1 rings (SSSR count). The molecule has 0 spiro atoms. The maximum Gasteiger partial charge on any atom is 0.110 e. The van der Waals surface area contributed by atoms with Crippen LogP contribution in [0.1, 0.15) is 13.8 Å². The van der Waals surface area contributed by atoms with Crippen molar-refractivity contribution in [1.82, 2.24) is 0 Å². The highest BCUT2D eigenvalue weighted by Gasteiger charge is 1.81. The summed E-state index contributed by atoms with van der Waals surface area (Å²) in [7, 11) is 0. The molecule has 70 valence electrons. The quantitative estimate of drug-likeness (QED) is 0.322. The van der Waals surface area contributed by atoms with Gasteiger partial charge >= 0.3 is 0 Å². The number of hydrogen-bond acceptors (Lipinski definition) is 2. The molecule has 0 aliphatic rings. The fourth-order valence-electron chi connectivity index (χ4n) is 0.602. The van der Waals surface area contributed by atoms with Crippen LogP contribution in [-0.4, -0.2) is 6.34 Å². The molecule has 0 saturated carbocycles. The fourth-order valence-corrected chi connectivity index (χ4v) is 0.602. The second-order valence-electron chi connectivity index (χ2n) is 1.79. The molecule has 0 atom stereocenters. The minimum Gasteiger partial charge on any atom is -0.388 e. The zero-order valence-corrected chi connectivity index (χ0v) is 7.88. The largest absolute Gasteiger partial charge is 0.388 e. The molecule has 13 heavy (non-hydrogen) atoms. The predicted molar refractivity (Wildman–Crippen MR) is 55.0 cm³/mol. The molecule has 0 bridgehead atoms. The van der Waals surface area contributed by atoms with Crippen LogP contribution in [0.25, 0.3) is 0 Å². The molecule has 4 heteroatoms. The Labute approximate surface area is 78.2 Å². The SMILES string of the molecule is CC.N/C=N\N=Nc1ccccc1. The van der Waals surface area contributed by atoms with Crippen LogP contribution in [-0.2, 0) is 0 Å². The van der Waals surface area contributed by atoms with E-state index in [1.54, 1.807) is 0 Å². The minimum atomic E-state index is 0.762. The van der Waals surface area contributed by atoms with Gasteiger partial charge in [-0.15, -0.1) is 10.2 Å². The van der Waals surface area contributed by atoms with Gasteiger partial charge in [0.2, 0.25) is 0 Å². The Morgan fingerprint density at radius 1 is 1.15 bits per heavy atom. The Bertz CT molecular complexity index is 254. The van der Waals surface area contributed by atoms with Gasteiger partial charge < -0.3 is 5.73 Å². The number of rotatable bonds is 2. The fraction of sp³-hybridized carbons (Fsp3) is 0.222. The molecule has 0 saturated heterocycles. The van der Waals surface area contributed by atoms with E-state index >= 15 is 0 Å². The first-order valence-electron chi connectivity index (χ1n) is 4.13. The van der Waals surface area contributed by atoms with Gasteiger partial charge in [-0.1, -0.05) is 32.0 Å². The molecule has 0 aliphatic carbocycles. The van der Waals surface area contributed by atoms with E-state index in [0.29, 0.717) is 0 Å². The predicted octanol–water partition coefficient (Wildman–Crippen LogP) is 2.70. The Balaban J connectivity index is 0.000000671. The van der Waals surface area contributed by atoms with E-state index < -0.39 is 0 Å². The molecule has 1 aromatic rings. The van der Waals surface area contributed by atoms with Gasteiger partial charge in [-0.2, -0.15) is 0 Å². The molecule has 0 heterocycles. The monoisotopic (exact) mass is 178 g/mol. The lowest BCUT2D eigenvalue weighted by Crippen LogP contribution is -1.84. The van der Waals surface area contributed by atoms with Crippen LogP contribution >= 0.6 is 0 Å². The van der Waals surface area contributed by atoms with Crippen LogP contribution in [0.3, 0.4) is 0 Å². The van der Waals surface area contributed by atoms with Crippen molar-refractivity contribution < 1.29 is 0 Å². The van der Waals surface area contributed by atoms with E-state index in [1.807, 2.05) is 44.2 Å². The van der Waals surface area contributed by atoms with Crippen LogP contribution in [0.2, 0.25) is 0 Å². The van der Waals surface area contributed by atoms with E-state index in [9.17, 15) is 0 Å². The van der Waals surface area contributed by atoms with Crippen molar-refractivity contribution in [1.29, 1.82) is 0 Å². The van der Waals surface area contributed by atoms with Crippen molar-refractivity contribution in [2.45, 2.75) is 13.8 Å². The van der Waals surface area contributed by atoms with Gasteiger partial charge in [-0.25, -0.2) is 0 Å². The average Bonchev–Trinajstić information content (AvgIpc) is 2.23. The first-order chi connectivity index (χ1) is 6.43. The topological polar surface area (TPSA) is 63.1 Å². The van der Waals surface area contributed by atoms with Crippen LogP contribution < -0.4 is 5.73 Å². The summed E-state index contributed by atoms with van der Waals surface area (Å²) in [6.45, 7) is 4.00. The smallest absolute Gasteiger partial charge is 0.110 e. The maximum atomic E-state index is 4.95. The molecule has 4 nitrogen and oxygen atoms in total. The number of benzene rings is 1. The summed E-state index contributed by atoms with van der Waals surface area (Å²) >= 11 is 0. The number of nitrogens with zero attached hydrogens (tertiary/aromatic N) is 3. The maximum absolute atomic E-state index is 4.95. The van der Waals surface area contributed by atoms with E-state index in [0.717, 1.165) is 12.0 Å². The van der Waals surface area contributed by atoms with Gasteiger partial charge in [-0.3, -0.25) is 0 Å². The Morgan fingerprint density at radius 2 is 1.77 bits per heavy atom. The second-order valence-corrected chi connectivity index (χ2v) is 1.79. The summed E-state index contributed by atoms with van der Waals surface area (Å²) in [6, 6.07) is 9.32. The molecule has 0 aromatic heterocycles. The van der Waals surface area contributed by atoms with Gasteiger partial charge in [0.15, 0.2) is 0 Å². The molecule has 1 aromatic carbocycles. The first-order valence-corrected chi connectivity index (χ1v) is 4.13. The molecule has 0 amide bonds. The summed E-state index contributed by atoms with van der Waals surface area (Å²) in [5.74, 6) is 0. The summed E-state index contributed by atoms with van der Waals surface area (Å²) in [4.78, 5) is 0. The molecular weight excluding hydrogens is 164 g/mol. The number of hydrogen-bond donors (Lipinski definition) is 1. The Kier molecular flexibility index (Phi) is 7.28. The molecule has 0 fully saturated rings. The van der Waals surface area contributed by atoms with E-state index in [1.165, 1.54) is 0 Å².